The van der Waals surface area contributed by atoms with Gasteiger partial charge in [0.1, 0.15) is 0 Å². The highest BCUT2D eigenvalue weighted by molar-refractivity contribution is 6.60. The predicted molar refractivity (Wildman–Crippen MR) is 30.2 cm³/mol. The van der Waals surface area contributed by atoms with Gasteiger partial charge >= 0.3 is 0 Å². The Labute approximate surface area is 34.3 Å². The molecule has 0 unspecified atom stereocenters. The third-order valence-electron chi connectivity index (χ3n) is 0.447. The van der Waals surface area contributed by atoms with Crippen LogP contribution in [0.15, 0.2) is 4.90 Å². The molecule has 5 heavy (non-hydrogen) atoms. The van der Waals surface area contributed by atoms with E-state index in [-0.39, 0.29) is 0 Å². The lowest BCUT2D eigenvalue weighted by Gasteiger charge is -1.74. The summed E-state index contributed by atoms with van der Waals surface area (Å²) in [6, 6.07) is 0. The van der Waals surface area contributed by atoms with E-state index in [4.69, 9.17) is 0 Å². The Kier molecular flexibility index (Phi) is 1.98. The summed E-state index contributed by atoms with van der Waals surface area (Å²) in [5.41, 5.74) is 1.13. The third-order valence-corrected chi connectivity index (χ3v) is 0.447. The quantitative estimate of drug-likeness (QED) is 0.243. The third kappa shape index (κ3) is 3.80. The molecule has 0 heterocycles. The van der Waals surface area contributed by atoms with E-state index in [1.54, 1.807) is 7.98 Å². The minimum absolute atomic E-state index is 1.13. The van der Waals surface area contributed by atoms with Crippen molar-refractivity contribution >= 4 is 21.4 Å². The van der Waals surface area contributed by atoms with Crippen LogP contribution < -0.4 is 0 Å². The summed E-state index contributed by atoms with van der Waals surface area (Å²) in [5.74, 6) is 0. The zero-order valence-corrected chi connectivity index (χ0v) is 3.95. The van der Waals surface area contributed by atoms with Crippen molar-refractivity contribution in [2.75, 3.05) is 0 Å². The molecule has 0 saturated heterocycles. The first-order valence-corrected chi connectivity index (χ1v) is 1.67. The molecule has 0 aliphatic heterocycles. The van der Waals surface area contributed by atoms with Crippen molar-refractivity contribution in [1.29, 1.82) is 0 Å². The van der Waals surface area contributed by atoms with Gasteiger partial charge in [-0.05, 0) is 6.92 Å². The Hall–Kier alpha value is -0.200. The topological polar surface area (TPSA) is 12.4 Å². The van der Waals surface area contributed by atoms with E-state index < -0.39 is 0 Å². The van der Waals surface area contributed by atoms with Crippen molar-refractivity contribution < 1.29 is 0 Å². The van der Waals surface area contributed by atoms with Crippen LogP contribution in [-0.2, 0) is 0 Å². The van der Waals surface area contributed by atoms with Crippen LogP contribution in [0.25, 0.3) is 0 Å². The molecule has 0 rings (SSSR count). The Bertz CT molecular complexity index is 45.6. The van der Waals surface area contributed by atoms with Gasteiger partial charge in [-0.25, -0.2) is 0 Å². The van der Waals surface area contributed by atoms with Gasteiger partial charge in [0.2, 0.25) is 7.98 Å². The van der Waals surface area contributed by atoms with Crippen LogP contribution in [0.3, 0.4) is 0 Å². The lowest BCUT2D eigenvalue weighted by Crippen LogP contribution is -1.84. The van der Waals surface area contributed by atoms with E-state index in [2.05, 4.69) is 4.90 Å². The molecule has 3 heteroatoms. The first kappa shape index (κ1) is 4.80. The number of hydrogen-bond donors (Lipinski definition) is 0. The van der Waals surface area contributed by atoms with Crippen molar-refractivity contribution in [3.05, 3.63) is 0 Å². The van der Waals surface area contributed by atoms with E-state index in [1.165, 1.54) is 0 Å². The second-order valence-corrected chi connectivity index (χ2v) is 1.17. The van der Waals surface area contributed by atoms with E-state index >= 15 is 0 Å². The van der Waals surface area contributed by atoms with Gasteiger partial charge in [0.05, 0.1) is 0 Å². The second-order valence-electron chi connectivity index (χ2n) is 1.17. The lowest BCUT2D eigenvalue weighted by atomic mass is 10.0. The molecule has 0 spiro atoms. The minimum Gasteiger partial charge on any atom is -0.370 e. The van der Waals surface area contributed by atoms with Gasteiger partial charge < -0.3 is 4.90 Å². The maximum atomic E-state index is 3.81. The highest BCUT2D eigenvalue weighted by atomic mass is 14.5. The van der Waals surface area contributed by atoms with Gasteiger partial charge in [-0.1, -0.05) is 5.61 Å². The fraction of sp³-hybridized carbons (Fsp3) is 0.500. The Balaban J connectivity index is 3.14. The zero-order chi connectivity index (χ0) is 4.28. The summed E-state index contributed by atoms with van der Waals surface area (Å²) in [4.78, 5) is 3.81. The van der Waals surface area contributed by atoms with Crippen molar-refractivity contribution in [2.24, 2.45) is 4.90 Å². The van der Waals surface area contributed by atoms with Gasteiger partial charge in [0.15, 0.2) is 7.85 Å². The molecule has 0 radical (unpaired) electrons. The van der Waals surface area contributed by atoms with Crippen LogP contribution in [-0.4, -0.2) is 21.4 Å². The molecule has 0 amide bonds. The van der Waals surface area contributed by atoms with Gasteiger partial charge in [-0.2, -0.15) is 0 Å². The lowest BCUT2D eigenvalue weighted by molar-refractivity contribution is 1.83. The zero-order valence-electron chi connectivity index (χ0n) is 3.95. The van der Waals surface area contributed by atoms with Crippen LogP contribution in [0.4, 0.5) is 0 Å². The summed E-state index contributed by atoms with van der Waals surface area (Å²) in [7, 11) is 3.76. The first-order valence-electron chi connectivity index (χ1n) is 1.67. The predicted octanol–water partition coefficient (Wildman–Crippen LogP) is -1.41. The van der Waals surface area contributed by atoms with Gasteiger partial charge in [0.25, 0.3) is 0 Å². The molecular formula is C2H7B2N. The fourth-order valence-electron chi connectivity index (χ4n) is 0. The maximum absolute atomic E-state index is 3.81. The molecule has 0 aliphatic carbocycles. The SMILES string of the molecule is B/N=C(\B)C. The normalized spacial score (nSPS) is 11.8. The Morgan fingerprint density at radius 2 is 2.00 bits per heavy atom. The van der Waals surface area contributed by atoms with Gasteiger partial charge in [-0.3, -0.25) is 0 Å². The molecule has 0 saturated carbocycles. The molecule has 0 bridgehead atoms. The molecule has 0 aromatic heterocycles. The molecule has 26 valence electrons. The smallest absolute Gasteiger partial charge is 0.242 e. The van der Waals surface area contributed by atoms with Crippen LogP contribution >= 0.6 is 0 Å². The summed E-state index contributed by atoms with van der Waals surface area (Å²) >= 11 is 0. The highest BCUT2D eigenvalue weighted by Gasteiger charge is 1.63. The molecule has 0 aromatic carbocycles. The molecule has 0 N–H and O–H groups in total. The molecule has 0 fully saturated rings. The monoisotopic (exact) mass is 67.1 g/mol. The van der Waals surface area contributed by atoms with Gasteiger partial charge in [0, 0.05) is 0 Å². The molecule has 0 atom stereocenters. The van der Waals surface area contributed by atoms with Crippen LogP contribution in [0.5, 0.6) is 0 Å². The van der Waals surface area contributed by atoms with Crippen molar-refractivity contribution in [1.82, 2.24) is 0 Å². The number of rotatable bonds is 0. The van der Waals surface area contributed by atoms with E-state index in [9.17, 15) is 0 Å². The summed E-state index contributed by atoms with van der Waals surface area (Å²) < 4.78 is 0. The largest absolute Gasteiger partial charge is 0.370 e. The molecule has 1 nitrogen and oxygen atoms in total. The van der Waals surface area contributed by atoms with E-state index in [0.29, 0.717) is 0 Å². The average molecular weight is 66.7 g/mol. The maximum Gasteiger partial charge on any atom is 0.242 e. The number of hydrogen-bond acceptors (Lipinski definition) is 1. The summed E-state index contributed by atoms with van der Waals surface area (Å²) in [6.45, 7) is 1.97. The van der Waals surface area contributed by atoms with E-state index in [0.717, 1.165) is 5.61 Å². The highest BCUT2D eigenvalue weighted by Crippen LogP contribution is 1.55. The summed E-state index contributed by atoms with van der Waals surface area (Å²) in [6.07, 6.45) is 0. The Morgan fingerprint density at radius 3 is 2.00 bits per heavy atom. The molecule has 0 aromatic rings. The van der Waals surface area contributed by atoms with Crippen LogP contribution in [0.2, 0.25) is 0 Å². The fourth-order valence-corrected chi connectivity index (χ4v) is 0. The van der Waals surface area contributed by atoms with Gasteiger partial charge in [-0.15, -0.1) is 0 Å². The van der Waals surface area contributed by atoms with Crippen LogP contribution in [0, 0.1) is 0 Å². The molecular weight excluding hydrogens is 59.7 g/mol. The summed E-state index contributed by atoms with van der Waals surface area (Å²) in [5, 5.41) is 0. The first-order chi connectivity index (χ1) is 2.27. The molecule has 0 aliphatic rings. The van der Waals surface area contributed by atoms with Crippen molar-refractivity contribution in [3.63, 3.8) is 0 Å². The van der Waals surface area contributed by atoms with Crippen LogP contribution in [0.1, 0.15) is 6.92 Å². The standard InChI is InChI=1S/C2H7B2N/c1-2(3)5-4/h3-4H2,1H3/b5-2-. The second kappa shape index (κ2) is 2.06. The van der Waals surface area contributed by atoms with E-state index in [1.807, 2.05) is 14.8 Å². The average Bonchev–Trinajstić information content (AvgIpc) is 1.38. The number of nitrogens with zero attached hydrogens (tertiary/aromatic N) is 1. The Morgan fingerprint density at radius 1 is 1.80 bits per heavy atom. The van der Waals surface area contributed by atoms with Crippen molar-refractivity contribution in [2.45, 2.75) is 6.92 Å². The minimum atomic E-state index is 1.13. The van der Waals surface area contributed by atoms with Crippen molar-refractivity contribution in [3.8, 4) is 0 Å².